The Morgan fingerprint density at radius 1 is 0.969 bits per heavy atom. The Bertz CT molecular complexity index is 945. The number of piperidine rings is 1. The number of amides is 1. The lowest BCUT2D eigenvalue weighted by Gasteiger charge is -2.33. The van der Waals surface area contributed by atoms with Gasteiger partial charge in [0, 0.05) is 24.2 Å². The van der Waals surface area contributed by atoms with Crippen LogP contribution in [0.2, 0.25) is 0 Å². The van der Waals surface area contributed by atoms with Crippen LogP contribution in [0, 0.1) is 11.7 Å². The zero-order valence-electron chi connectivity index (χ0n) is 18.5. The Labute approximate surface area is 187 Å². The number of hydrogen-bond donors (Lipinski definition) is 0. The van der Waals surface area contributed by atoms with E-state index in [1.54, 1.807) is 56.0 Å². The molecule has 7 heteroatoms. The molecule has 1 aliphatic rings. The van der Waals surface area contributed by atoms with Crippen molar-refractivity contribution in [2.45, 2.75) is 45.3 Å². The predicted molar refractivity (Wildman–Crippen MR) is 117 cm³/mol. The molecule has 6 nitrogen and oxygen atoms in total. The number of likely N-dealkylation sites (tertiary alicyclic amines) is 1. The molecule has 0 radical (unpaired) electrons. The Morgan fingerprint density at radius 2 is 1.56 bits per heavy atom. The van der Waals surface area contributed by atoms with Gasteiger partial charge in [-0.2, -0.15) is 0 Å². The Kier molecular flexibility index (Phi) is 7.28. The maximum absolute atomic E-state index is 13.3. The molecule has 2 aromatic rings. The number of esters is 1. The summed E-state index contributed by atoms with van der Waals surface area (Å²) in [6.45, 7) is 6.15. The van der Waals surface area contributed by atoms with Crippen LogP contribution in [0.1, 0.15) is 55.6 Å². The van der Waals surface area contributed by atoms with Crippen molar-refractivity contribution in [3.8, 4) is 0 Å². The minimum absolute atomic E-state index is 0.257. The summed E-state index contributed by atoms with van der Waals surface area (Å²) in [4.78, 5) is 39.8. The van der Waals surface area contributed by atoms with Gasteiger partial charge in [-0.15, -0.1) is 0 Å². The molecule has 0 spiro atoms. The standard InChI is InChI=1S/C25H28FNO5/c1-25(2,3)32-24(30)27-15-13-19(14-16-27)23(29)31-22(18-7-5-4-6-8-18)21(28)17-9-11-20(26)12-10-17/h4-12,19,22H,13-16H2,1-3H3. The number of rotatable bonds is 5. The predicted octanol–water partition coefficient (Wildman–Crippen LogP) is 4.94. The molecule has 1 amide bonds. The number of halogens is 1. The van der Waals surface area contributed by atoms with Crippen LogP contribution < -0.4 is 0 Å². The van der Waals surface area contributed by atoms with Gasteiger partial charge < -0.3 is 14.4 Å². The van der Waals surface area contributed by atoms with Gasteiger partial charge in [0.1, 0.15) is 11.4 Å². The maximum atomic E-state index is 13.3. The average Bonchev–Trinajstić information content (AvgIpc) is 2.77. The van der Waals surface area contributed by atoms with Crippen molar-refractivity contribution in [2.24, 2.45) is 5.92 Å². The van der Waals surface area contributed by atoms with Crippen LogP contribution >= 0.6 is 0 Å². The van der Waals surface area contributed by atoms with E-state index in [4.69, 9.17) is 9.47 Å². The summed E-state index contributed by atoms with van der Waals surface area (Å²) in [5.74, 6) is -1.79. The van der Waals surface area contributed by atoms with Crippen molar-refractivity contribution in [1.29, 1.82) is 0 Å². The third kappa shape index (κ3) is 6.15. The van der Waals surface area contributed by atoms with E-state index < -0.39 is 41.3 Å². The fraction of sp³-hybridized carbons (Fsp3) is 0.400. The molecule has 1 heterocycles. The molecule has 1 aliphatic heterocycles. The van der Waals surface area contributed by atoms with Gasteiger partial charge in [-0.25, -0.2) is 9.18 Å². The fourth-order valence-electron chi connectivity index (χ4n) is 3.50. The van der Waals surface area contributed by atoms with Gasteiger partial charge in [0.15, 0.2) is 6.10 Å². The van der Waals surface area contributed by atoms with E-state index in [0.717, 1.165) is 0 Å². The minimum atomic E-state index is -1.13. The van der Waals surface area contributed by atoms with Crippen molar-refractivity contribution < 1.29 is 28.2 Å². The van der Waals surface area contributed by atoms with E-state index in [0.29, 0.717) is 31.5 Å². The number of carbonyl (C=O) groups is 3. The Balaban J connectivity index is 1.68. The van der Waals surface area contributed by atoms with Crippen LogP contribution in [0.15, 0.2) is 54.6 Å². The average molecular weight is 441 g/mol. The molecule has 3 rings (SSSR count). The lowest BCUT2D eigenvalue weighted by molar-refractivity contribution is -0.154. The third-order valence-electron chi connectivity index (χ3n) is 5.18. The number of hydrogen-bond acceptors (Lipinski definition) is 5. The first-order valence-corrected chi connectivity index (χ1v) is 10.7. The quantitative estimate of drug-likeness (QED) is 0.485. The van der Waals surface area contributed by atoms with Crippen molar-refractivity contribution in [3.63, 3.8) is 0 Å². The molecule has 0 aromatic heterocycles. The van der Waals surface area contributed by atoms with Gasteiger partial charge in [0.25, 0.3) is 0 Å². The molecule has 0 N–H and O–H groups in total. The molecule has 1 unspecified atom stereocenters. The molecule has 1 atom stereocenters. The Hall–Kier alpha value is -3.22. The number of ether oxygens (including phenoxy) is 2. The minimum Gasteiger partial charge on any atom is -0.449 e. The number of carbonyl (C=O) groups excluding carboxylic acids is 3. The van der Waals surface area contributed by atoms with E-state index in [1.807, 2.05) is 0 Å². The zero-order chi connectivity index (χ0) is 23.3. The molecular formula is C25H28FNO5. The van der Waals surface area contributed by atoms with Crippen molar-refractivity contribution in [1.82, 2.24) is 4.90 Å². The van der Waals surface area contributed by atoms with Crippen LogP contribution in [-0.4, -0.2) is 41.4 Å². The second kappa shape index (κ2) is 9.94. The second-order valence-corrected chi connectivity index (χ2v) is 8.84. The van der Waals surface area contributed by atoms with Gasteiger partial charge in [-0.05, 0) is 57.9 Å². The molecule has 2 aromatic carbocycles. The van der Waals surface area contributed by atoms with Crippen LogP contribution in [-0.2, 0) is 14.3 Å². The first-order chi connectivity index (χ1) is 15.1. The molecule has 32 heavy (non-hydrogen) atoms. The molecule has 0 aliphatic carbocycles. The van der Waals surface area contributed by atoms with Gasteiger partial charge in [0.2, 0.25) is 5.78 Å². The van der Waals surface area contributed by atoms with Crippen molar-refractivity contribution in [3.05, 3.63) is 71.5 Å². The molecular weight excluding hydrogens is 413 g/mol. The number of benzene rings is 2. The monoisotopic (exact) mass is 441 g/mol. The first-order valence-electron chi connectivity index (χ1n) is 10.7. The second-order valence-electron chi connectivity index (χ2n) is 8.84. The summed E-state index contributed by atoms with van der Waals surface area (Å²) in [5, 5.41) is 0. The summed E-state index contributed by atoms with van der Waals surface area (Å²) >= 11 is 0. The summed E-state index contributed by atoms with van der Waals surface area (Å²) in [5.41, 5.74) is 0.213. The largest absolute Gasteiger partial charge is 0.449 e. The number of Topliss-reactive ketones (excluding diaryl/α,β-unsaturated/α-hetero) is 1. The van der Waals surface area contributed by atoms with Crippen LogP contribution in [0.3, 0.4) is 0 Å². The smallest absolute Gasteiger partial charge is 0.410 e. The van der Waals surface area contributed by atoms with Gasteiger partial charge in [-0.1, -0.05) is 30.3 Å². The molecule has 1 saturated heterocycles. The van der Waals surface area contributed by atoms with Gasteiger partial charge in [-0.3, -0.25) is 9.59 Å². The van der Waals surface area contributed by atoms with E-state index in [1.165, 1.54) is 24.3 Å². The highest BCUT2D eigenvalue weighted by atomic mass is 19.1. The highest BCUT2D eigenvalue weighted by molar-refractivity contribution is 6.01. The zero-order valence-corrected chi connectivity index (χ0v) is 18.5. The maximum Gasteiger partial charge on any atom is 0.410 e. The highest BCUT2D eigenvalue weighted by Crippen LogP contribution is 2.27. The van der Waals surface area contributed by atoms with Crippen molar-refractivity contribution in [2.75, 3.05) is 13.1 Å². The van der Waals surface area contributed by atoms with Crippen molar-refractivity contribution >= 4 is 17.8 Å². The summed E-state index contributed by atoms with van der Waals surface area (Å²) in [6, 6.07) is 13.9. The van der Waals surface area contributed by atoms with Gasteiger partial charge >= 0.3 is 12.1 Å². The highest BCUT2D eigenvalue weighted by Gasteiger charge is 2.34. The van der Waals surface area contributed by atoms with E-state index in [9.17, 15) is 18.8 Å². The van der Waals surface area contributed by atoms with Gasteiger partial charge in [0.05, 0.1) is 5.92 Å². The lowest BCUT2D eigenvalue weighted by Crippen LogP contribution is -2.43. The van der Waals surface area contributed by atoms with E-state index in [2.05, 4.69) is 0 Å². The number of ketones is 1. The Morgan fingerprint density at radius 3 is 2.12 bits per heavy atom. The number of nitrogens with zero attached hydrogens (tertiary/aromatic N) is 1. The first kappa shape index (κ1) is 23.4. The molecule has 0 saturated carbocycles. The summed E-state index contributed by atoms with van der Waals surface area (Å²) in [6.07, 6.45) is -0.690. The normalized spacial score (nSPS) is 15.7. The molecule has 170 valence electrons. The van der Waals surface area contributed by atoms with E-state index in [-0.39, 0.29) is 5.56 Å². The van der Waals surface area contributed by atoms with Crippen LogP contribution in [0.5, 0.6) is 0 Å². The SMILES string of the molecule is CC(C)(C)OC(=O)N1CCC(C(=O)OC(C(=O)c2ccc(F)cc2)c2ccccc2)CC1. The van der Waals surface area contributed by atoms with Crippen LogP contribution in [0.4, 0.5) is 9.18 Å². The molecule has 1 fully saturated rings. The summed E-state index contributed by atoms with van der Waals surface area (Å²) in [7, 11) is 0. The lowest BCUT2D eigenvalue weighted by atomic mass is 9.96. The third-order valence-corrected chi connectivity index (χ3v) is 5.18. The fourth-order valence-corrected chi connectivity index (χ4v) is 3.50. The molecule has 0 bridgehead atoms. The van der Waals surface area contributed by atoms with Crippen LogP contribution in [0.25, 0.3) is 0 Å². The summed E-state index contributed by atoms with van der Waals surface area (Å²) < 4.78 is 24.3. The van der Waals surface area contributed by atoms with E-state index >= 15 is 0 Å². The topological polar surface area (TPSA) is 72.9 Å².